The van der Waals surface area contributed by atoms with E-state index in [0.29, 0.717) is 34.4 Å². The van der Waals surface area contributed by atoms with Crippen LogP contribution in [0.25, 0.3) is 63.6 Å². The van der Waals surface area contributed by atoms with Crippen molar-refractivity contribution in [1.29, 1.82) is 0 Å². The Kier molecular flexibility index (Phi) is 6.96. The van der Waals surface area contributed by atoms with Gasteiger partial charge in [-0.15, -0.1) is 22.7 Å². The van der Waals surface area contributed by atoms with Crippen LogP contribution in [0.2, 0.25) is 0 Å². The molecule has 9 atom stereocenters. The highest BCUT2D eigenvalue weighted by atomic mass is 32.1. The maximum absolute atomic E-state index is 16.4. The van der Waals surface area contributed by atoms with Gasteiger partial charge in [-0.05, 0) is 152 Å². The Morgan fingerprint density at radius 1 is 0.540 bits per heavy atom. The highest BCUT2D eigenvalue weighted by Gasteiger charge is 2.90. The minimum absolute atomic E-state index is 0.0241. The summed E-state index contributed by atoms with van der Waals surface area (Å²) in [6.07, 6.45) is 11.1. The molecule has 9 unspecified atom stereocenters. The molecule has 6 bridgehead atoms. The van der Waals surface area contributed by atoms with E-state index in [1.807, 2.05) is 42.5 Å². The number of fused-ring (bicyclic) bond motifs is 3. The van der Waals surface area contributed by atoms with Crippen LogP contribution in [-0.2, 0) is 10.8 Å². The summed E-state index contributed by atoms with van der Waals surface area (Å²) in [6, 6.07) is 28.9. The Labute approximate surface area is 375 Å². The second-order valence-electron chi connectivity index (χ2n) is 22.9. The lowest BCUT2D eigenvalue weighted by atomic mass is 9.20. The molecule has 8 saturated carbocycles. The molecule has 3 nitrogen and oxygen atoms in total. The molecule has 318 valence electrons. The van der Waals surface area contributed by atoms with Gasteiger partial charge in [0.2, 0.25) is 0 Å². The number of nitrogens with zero attached hydrogens (tertiary/aromatic N) is 1. The van der Waals surface area contributed by atoms with Crippen molar-refractivity contribution in [3.63, 3.8) is 0 Å². The van der Waals surface area contributed by atoms with E-state index in [2.05, 4.69) is 52.0 Å². The highest BCUT2D eigenvalue weighted by Crippen LogP contribution is 2.96. The minimum atomic E-state index is -0.320. The van der Waals surface area contributed by atoms with Crippen molar-refractivity contribution >= 4 is 42.8 Å². The summed E-state index contributed by atoms with van der Waals surface area (Å²) in [4.78, 5) is 7.09. The Balaban J connectivity index is 0.941. The lowest BCUT2D eigenvalue weighted by Gasteiger charge is -2.83. The van der Waals surface area contributed by atoms with Crippen molar-refractivity contribution in [2.24, 2.45) is 38.9 Å². The van der Waals surface area contributed by atoms with Crippen LogP contribution in [-0.4, -0.2) is 15.2 Å². The molecule has 15 rings (SSSR count). The number of aromatic hydroxyl groups is 2. The van der Waals surface area contributed by atoms with Crippen molar-refractivity contribution in [3.05, 3.63) is 114 Å². The quantitative estimate of drug-likeness (QED) is 0.175. The van der Waals surface area contributed by atoms with Gasteiger partial charge in [-0.3, -0.25) is 0 Å². The predicted octanol–water partition coefficient (Wildman–Crippen LogP) is 15.6. The van der Waals surface area contributed by atoms with E-state index in [1.54, 1.807) is 34.8 Å². The molecule has 8 fully saturated rings. The number of hydrogen-bond donors (Lipinski definition) is 2. The fraction of sp³-hybridized carbons (Fsp3) is 0.411. The van der Waals surface area contributed by atoms with Gasteiger partial charge in [0.25, 0.3) is 0 Å². The topological polar surface area (TPSA) is 53.4 Å². The number of benzene rings is 4. The van der Waals surface area contributed by atoms with E-state index in [-0.39, 0.29) is 61.0 Å². The zero-order valence-corrected chi connectivity index (χ0v) is 37.9. The molecule has 8 aliphatic carbocycles. The van der Waals surface area contributed by atoms with E-state index in [1.165, 1.54) is 37.8 Å². The second kappa shape index (κ2) is 11.6. The number of phenols is 2. The summed E-state index contributed by atoms with van der Waals surface area (Å²) in [5, 5.41) is 27.2. The second-order valence-corrected chi connectivity index (χ2v) is 25.0. The number of hydrogen-bond acceptors (Lipinski definition) is 5. The molecule has 3 heterocycles. The van der Waals surface area contributed by atoms with E-state index < -0.39 is 0 Å². The van der Waals surface area contributed by atoms with Gasteiger partial charge in [0.1, 0.15) is 23.1 Å². The van der Waals surface area contributed by atoms with Gasteiger partial charge in [0, 0.05) is 74.1 Å². The predicted molar refractivity (Wildman–Crippen MR) is 251 cm³/mol. The summed E-state index contributed by atoms with van der Waals surface area (Å²) in [5.74, 6) is 1.01. The third-order valence-corrected chi connectivity index (χ3v) is 21.7. The largest absolute Gasteiger partial charge is 0.507 e. The van der Waals surface area contributed by atoms with Gasteiger partial charge in [-0.25, -0.2) is 13.8 Å². The lowest BCUT2D eigenvalue weighted by molar-refractivity contribution is -0.317. The van der Waals surface area contributed by atoms with Crippen LogP contribution in [0.4, 0.5) is 8.78 Å². The smallest absolute Gasteiger partial charge is 0.128 e. The maximum atomic E-state index is 16.4. The summed E-state index contributed by atoms with van der Waals surface area (Å²) >= 11 is 3.15. The SMILES string of the molecule is CC12CC3CC(C)(C1)C(c1cc(F)cc(-c4sc5ccccc5c4-c4cccc(-c5c(-c6cc(F)cc(C78CC9CC%10(C)CC(C)(C7)C%108C9)c6O)sc6ccccc56)n4)c1O)(C3)C2. The molecule has 8 aliphatic rings. The molecule has 0 aliphatic heterocycles. The maximum Gasteiger partial charge on any atom is 0.128 e. The van der Waals surface area contributed by atoms with Crippen LogP contribution >= 0.6 is 22.7 Å². The number of halogens is 2. The molecule has 0 saturated heterocycles. The third kappa shape index (κ3) is 4.35. The van der Waals surface area contributed by atoms with Crippen molar-refractivity contribution < 1.29 is 19.0 Å². The molecule has 0 amide bonds. The molecule has 3 aromatic heterocycles. The van der Waals surface area contributed by atoms with Crippen LogP contribution in [0, 0.1) is 50.5 Å². The molecule has 63 heavy (non-hydrogen) atoms. The number of thiophene rings is 2. The molecule has 0 radical (unpaired) electrons. The number of phenolic OH excluding ortho intramolecular Hbond substituents is 2. The van der Waals surface area contributed by atoms with Crippen molar-refractivity contribution in [3.8, 4) is 54.9 Å². The molecule has 7 heteroatoms. The van der Waals surface area contributed by atoms with Crippen LogP contribution in [0.3, 0.4) is 0 Å². The number of aromatic nitrogens is 1. The minimum Gasteiger partial charge on any atom is -0.507 e. The van der Waals surface area contributed by atoms with Crippen LogP contribution < -0.4 is 0 Å². The number of rotatable bonds is 6. The van der Waals surface area contributed by atoms with Gasteiger partial charge in [0.05, 0.1) is 11.4 Å². The van der Waals surface area contributed by atoms with Gasteiger partial charge < -0.3 is 10.2 Å². The van der Waals surface area contributed by atoms with Crippen LogP contribution in [0.1, 0.15) is 103 Å². The standard InChI is InChI=1S/C56H51F2NO2S2/c1-50-20-30-21-51(2,26-50)54(23-30,27-50)38-18-32(57)16-36(46(38)60)48-44(34-10-5-7-14-42(34)62-48)40-12-9-13-41(59-40)45-35-11-6-8-15-43(35)63-49(45)37-17-33(58)19-39(47(37)61)55-24-31-22-52(3)28-53(4,29-55)56(52,55)25-31/h5-19,30-31,60-61H,20-29H2,1-4H3. The molecule has 2 N–H and O–H groups in total. The zero-order valence-electron chi connectivity index (χ0n) is 36.3. The fourth-order valence-corrected chi connectivity index (χ4v) is 21.1. The summed E-state index contributed by atoms with van der Waals surface area (Å²) < 4.78 is 34.7. The van der Waals surface area contributed by atoms with Gasteiger partial charge in [-0.2, -0.15) is 0 Å². The average Bonchev–Trinajstić information content (AvgIpc) is 4.02. The normalized spacial score (nSPS) is 36.3. The lowest BCUT2D eigenvalue weighted by Crippen LogP contribution is -2.78. The molecule has 4 aromatic carbocycles. The summed E-state index contributed by atoms with van der Waals surface area (Å²) in [6.45, 7) is 9.69. The van der Waals surface area contributed by atoms with Crippen molar-refractivity contribution in [1.82, 2.24) is 4.98 Å². The molecule has 7 aromatic rings. The first kappa shape index (κ1) is 37.8. The summed E-state index contributed by atoms with van der Waals surface area (Å²) in [7, 11) is 0. The first-order valence-corrected chi connectivity index (χ1v) is 24.8. The van der Waals surface area contributed by atoms with Crippen molar-refractivity contribution in [2.45, 2.75) is 103 Å². The van der Waals surface area contributed by atoms with Crippen LogP contribution in [0.15, 0.2) is 91.0 Å². The molecular formula is C56H51F2NO2S2. The van der Waals surface area contributed by atoms with E-state index in [9.17, 15) is 10.2 Å². The monoisotopic (exact) mass is 871 g/mol. The van der Waals surface area contributed by atoms with Crippen LogP contribution in [0.5, 0.6) is 11.5 Å². The first-order chi connectivity index (χ1) is 30.1. The number of pyridine rings is 1. The Morgan fingerprint density at radius 3 is 1.65 bits per heavy atom. The fourth-order valence-electron chi connectivity index (χ4n) is 18.6. The highest BCUT2D eigenvalue weighted by molar-refractivity contribution is 7.23. The van der Waals surface area contributed by atoms with E-state index in [4.69, 9.17) is 4.98 Å². The third-order valence-electron chi connectivity index (χ3n) is 19.3. The van der Waals surface area contributed by atoms with Crippen molar-refractivity contribution in [2.75, 3.05) is 0 Å². The Hall–Kier alpha value is -4.59. The van der Waals surface area contributed by atoms with Gasteiger partial charge in [0.15, 0.2) is 0 Å². The molecule has 1 spiro atoms. The van der Waals surface area contributed by atoms with E-state index in [0.717, 1.165) is 90.7 Å². The summed E-state index contributed by atoms with van der Waals surface area (Å²) in [5.41, 5.74) is 6.17. The average molecular weight is 872 g/mol. The van der Waals surface area contributed by atoms with Gasteiger partial charge >= 0.3 is 0 Å². The van der Waals surface area contributed by atoms with E-state index >= 15 is 8.78 Å². The molecular weight excluding hydrogens is 821 g/mol. The zero-order chi connectivity index (χ0) is 42.8. The Bertz CT molecular complexity index is 3220. The van der Waals surface area contributed by atoms with Gasteiger partial charge in [-0.1, -0.05) is 70.2 Å². The Morgan fingerprint density at radius 2 is 1.08 bits per heavy atom. The first-order valence-electron chi connectivity index (χ1n) is 23.2.